The zero-order valence-corrected chi connectivity index (χ0v) is 9.99. The number of rotatable bonds is 5. The van der Waals surface area contributed by atoms with E-state index in [1.165, 1.54) is 0 Å². The molecular formula is C12H18N4O. The van der Waals surface area contributed by atoms with Crippen molar-refractivity contribution < 1.29 is 4.79 Å². The summed E-state index contributed by atoms with van der Waals surface area (Å²) in [5.41, 5.74) is 7.54. The minimum atomic E-state index is 0.164. The molecule has 1 fully saturated rings. The lowest BCUT2D eigenvalue weighted by Gasteiger charge is -2.10. The van der Waals surface area contributed by atoms with Gasteiger partial charge in [0.05, 0.1) is 5.69 Å². The third-order valence-electron chi connectivity index (χ3n) is 2.87. The van der Waals surface area contributed by atoms with E-state index in [0.717, 1.165) is 18.4 Å². The Kier molecular flexibility index (Phi) is 3.46. The predicted octanol–water partition coefficient (Wildman–Crippen LogP) is 0.910. The number of carbonyl (C=O) groups excluding carboxylic acids is 1. The summed E-state index contributed by atoms with van der Waals surface area (Å²) in [6.07, 6.45) is 3.79. The number of pyridine rings is 1. The van der Waals surface area contributed by atoms with Gasteiger partial charge in [0.25, 0.3) is 0 Å². The Hall–Kier alpha value is -1.78. The number of hydrogen-bond donors (Lipinski definition) is 3. The molecule has 0 aliphatic heterocycles. The Labute approximate surface area is 101 Å². The number of anilines is 2. The summed E-state index contributed by atoms with van der Waals surface area (Å²) in [7, 11) is 0. The van der Waals surface area contributed by atoms with Gasteiger partial charge >= 0.3 is 0 Å². The minimum absolute atomic E-state index is 0.164. The highest BCUT2D eigenvalue weighted by Gasteiger charge is 2.28. The highest BCUT2D eigenvalue weighted by molar-refractivity contribution is 5.80. The largest absolute Gasteiger partial charge is 0.396 e. The third-order valence-corrected chi connectivity index (χ3v) is 2.87. The number of nitrogen functional groups attached to an aromatic ring is 1. The second-order valence-corrected chi connectivity index (χ2v) is 4.38. The molecule has 1 heterocycles. The molecule has 92 valence electrons. The van der Waals surface area contributed by atoms with Gasteiger partial charge in [-0.2, -0.15) is 0 Å². The second-order valence-electron chi connectivity index (χ2n) is 4.38. The van der Waals surface area contributed by atoms with Crippen molar-refractivity contribution in [1.82, 2.24) is 10.3 Å². The molecule has 1 aliphatic carbocycles. The van der Waals surface area contributed by atoms with Crippen LogP contribution in [-0.4, -0.2) is 24.0 Å². The van der Waals surface area contributed by atoms with Crippen molar-refractivity contribution in [3.8, 4) is 0 Å². The van der Waals surface area contributed by atoms with Crippen LogP contribution >= 0.6 is 0 Å². The Bertz CT molecular complexity index is 415. The van der Waals surface area contributed by atoms with E-state index in [-0.39, 0.29) is 11.8 Å². The summed E-state index contributed by atoms with van der Waals surface area (Å²) < 4.78 is 0. The maximum Gasteiger partial charge on any atom is 0.223 e. The van der Waals surface area contributed by atoms with E-state index in [0.29, 0.717) is 24.6 Å². The van der Waals surface area contributed by atoms with Crippen LogP contribution in [0.15, 0.2) is 12.3 Å². The van der Waals surface area contributed by atoms with Crippen molar-refractivity contribution in [2.24, 2.45) is 5.92 Å². The van der Waals surface area contributed by atoms with E-state index in [4.69, 9.17) is 5.73 Å². The van der Waals surface area contributed by atoms with Crippen LogP contribution in [0.4, 0.5) is 11.5 Å². The fourth-order valence-electron chi connectivity index (χ4n) is 1.57. The van der Waals surface area contributed by atoms with Crippen molar-refractivity contribution >= 4 is 17.4 Å². The molecule has 0 saturated heterocycles. The molecule has 0 radical (unpaired) electrons. The number of aryl methyl sites for hydroxylation is 1. The molecular weight excluding hydrogens is 216 g/mol. The van der Waals surface area contributed by atoms with Gasteiger partial charge < -0.3 is 16.4 Å². The topological polar surface area (TPSA) is 80.0 Å². The summed E-state index contributed by atoms with van der Waals surface area (Å²) in [5.74, 6) is 1.11. The highest BCUT2D eigenvalue weighted by atomic mass is 16.2. The molecule has 1 aliphatic rings. The van der Waals surface area contributed by atoms with Gasteiger partial charge in [-0.05, 0) is 31.4 Å². The van der Waals surface area contributed by atoms with Gasteiger partial charge in [0.1, 0.15) is 5.82 Å². The molecule has 1 aromatic rings. The van der Waals surface area contributed by atoms with Gasteiger partial charge in [0.15, 0.2) is 0 Å². The first-order chi connectivity index (χ1) is 8.18. The fourth-order valence-corrected chi connectivity index (χ4v) is 1.57. The summed E-state index contributed by atoms with van der Waals surface area (Å²) in [6, 6.07) is 1.87. The Morgan fingerprint density at radius 3 is 3.00 bits per heavy atom. The van der Waals surface area contributed by atoms with Crippen LogP contribution in [0.5, 0.6) is 0 Å². The predicted molar refractivity (Wildman–Crippen MR) is 67.6 cm³/mol. The van der Waals surface area contributed by atoms with Crippen LogP contribution in [0, 0.1) is 12.8 Å². The van der Waals surface area contributed by atoms with Crippen molar-refractivity contribution in [1.29, 1.82) is 0 Å². The minimum Gasteiger partial charge on any atom is -0.396 e. The number of carbonyl (C=O) groups is 1. The number of hydrogen-bond acceptors (Lipinski definition) is 4. The molecule has 17 heavy (non-hydrogen) atoms. The first-order valence-corrected chi connectivity index (χ1v) is 5.91. The molecule has 4 N–H and O–H groups in total. The standard InChI is InChI=1S/C12H18N4O/c1-8-4-5-14-11(10(8)13)15-6-7-16-12(17)9-2-3-9/h4-5,9H,2-3,6-7,13H2,1H3,(H,14,15)(H,16,17). The van der Waals surface area contributed by atoms with Crippen molar-refractivity contribution in [3.05, 3.63) is 17.8 Å². The normalized spacial score (nSPS) is 14.4. The number of nitrogens with two attached hydrogens (primary N) is 1. The van der Waals surface area contributed by atoms with Gasteiger partial charge in [-0.15, -0.1) is 0 Å². The van der Waals surface area contributed by atoms with Crippen LogP contribution in [0.2, 0.25) is 0 Å². The average Bonchev–Trinajstić information content (AvgIpc) is 3.13. The van der Waals surface area contributed by atoms with E-state index in [2.05, 4.69) is 15.6 Å². The van der Waals surface area contributed by atoms with Crippen LogP contribution < -0.4 is 16.4 Å². The van der Waals surface area contributed by atoms with E-state index >= 15 is 0 Å². The zero-order valence-electron chi connectivity index (χ0n) is 9.99. The lowest BCUT2D eigenvalue weighted by molar-refractivity contribution is -0.122. The zero-order chi connectivity index (χ0) is 12.3. The number of aromatic nitrogens is 1. The number of nitrogens with one attached hydrogen (secondary N) is 2. The molecule has 5 heteroatoms. The lowest BCUT2D eigenvalue weighted by atomic mass is 10.2. The first kappa shape index (κ1) is 11.7. The van der Waals surface area contributed by atoms with Crippen LogP contribution in [0.1, 0.15) is 18.4 Å². The second kappa shape index (κ2) is 5.03. The molecule has 5 nitrogen and oxygen atoms in total. The molecule has 0 bridgehead atoms. The average molecular weight is 234 g/mol. The number of amides is 1. The Morgan fingerprint density at radius 1 is 1.53 bits per heavy atom. The summed E-state index contributed by atoms with van der Waals surface area (Å²) in [5, 5.41) is 6.00. The van der Waals surface area contributed by atoms with Crippen molar-refractivity contribution in [2.75, 3.05) is 24.1 Å². The van der Waals surface area contributed by atoms with Gasteiger partial charge in [0.2, 0.25) is 5.91 Å². The smallest absolute Gasteiger partial charge is 0.223 e. The van der Waals surface area contributed by atoms with E-state index in [1.807, 2.05) is 13.0 Å². The van der Waals surface area contributed by atoms with Gasteiger partial charge in [-0.1, -0.05) is 0 Å². The molecule has 1 amide bonds. The first-order valence-electron chi connectivity index (χ1n) is 5.91. The summed E-state index contributed by atoms with van der Waals surface area (Å²) in [4.78, 5) is 15.5. The fraction of sp³-hybridized carbons (Fsp3) is 0.500. The molecule has 1 aromatic heterocycles. The molecule has 0 atom stereocenters. The lowest BCUT2D eigenvalue weighted by Crippen LogP contribution is -2.30. The SMILES string of the molecule is Cc1ccnc(NCCNC(=O)C2CC2)c1N. The number of nitrogens with zero attached hydrogens (tertiary/aromatic N) is 1. The van der Waals surface area contributed by atoms with Crippen LogP contribution in [0.3, 0.4) is 0 Å². The van der Waals surface area contributed by atoms with E-state index in [1.54, 1.807) is 6.20 Å². The van der Waals surface area contributed by atoms with Gasteiger partial charge in [-0.25, -0.2) is 4.98 Å². The molecule has 0 unspecified atom stereocenters. The summed E-state index contributed by atoms with van der Waals surface area (Å²) >= 11 is 0. The third kappa shape index (κ3) is 3.09. The van der Waals surface area contributed by atoms with Gasteiger partial charge in [0, 0.05) is 25.2 Å². The monoisotopic (exact) mass is 234 g/mol. The quantitative estimate of drug-likeness (QED) is 0.662. The molecule has 2 rings (SSSR count). The van der Waals surface area contributed by atoms with Crippen LogP contribution in [0.25, 0.3) is 0 Å². The molecule has 1 saturated carbocycles. The van der Waals surface area contributed by atoms with Crippen LogP contribution in [-0.2, 0) is 4.79 Å². The van der Waals surface area contributed by atoms with Crippen molar-refractivity contribution in [3.63, 3.8) is 0 Å². The Balaban J connectivity index is 1.74. The van der Waals surface area contributed by atoms with Crippen molar-refractivity contribution in [2.45, 2.75) is 19.8 Å². The maximum absolute atomic E-state index is 11.4. The van der Waals surface area contributed by atoms with E-state index < -0.39 is 0 Å². The van der Waals surface area contributed by atoms with E-state index in [9.17, 15) is 4.79 Å². The molecule has 0 aromatic carbocycles. The Morgan fingerprint density at radius 2 is 2.29 bits per heavy atom. The molecule has 0 spiro atoms. The maximum atomic E-state index is 11.4. The van der Waals surface area contributed by atoms with Gasteiger partial charge in [-0.3, -0.25) is 4.79 Å². The summed E-state index contributed by atoms with van der Waals surface area (Å²) in [6.45, 7) is 3.18. The highest BCUT2D eigenvalue weighted by Crippen LogP contribution is 2.28.